The molecule has 0 unspecified atom stereocenters. The summed E-state index contributed by atoms with van der Waals surface area (Å²) in [5, 5.41) is 3.82. The molecule has 2 N–H and O–H groups in total. The number of fused-ring (bicyclic) bond motifs is 1. The van der Waals surface area contributed by atoms with Crippen LogP contribution in [0.3, 0.4) is 0 Å². The van der Waals surface area contributed by atoms with Gasteiger partial charge in [0.25, 0.3) is 5.91 Å². The Hall–Kier alpha value is -2.68. The van der Waals surface area contributed by atoms with Crippen LogP contribution >= 0.6 is 0 Å². The highest BCUT2D eigenvalue weighted by molar-refractivity contribution is 7.89. The van der Waals surface area contributed by atoms with Gasteiger partial charge in [0, 0.05) is 24.1 Å². The molecule has 158 valence electrons. The lowest BCUT2D eigenvalue weighted by Crippen LogP contribution is -2.32. The van der Waals surface area contributed by atoms with E-state index < -0.39 is 10.0 Å². The number of hydrogen-bond acceptors (Lipinski definition) is 5. The molecule has 4 rings (SSSR count). The van der Waals surface area contributed by atoms with Crippen LogP contribution < -0.4 is 10.0 Å². The molecule has 2 heterocycles. The Morgan fingerprint density at radius 2 is 2.00 bits per heavy atom. The molecule has 30 heavy (non-hydrogen) atoms. The highest BCUT2D eigenvalue weighted by Gasteiger charge is 2.22. The lowest BCUT2D eigenvalue weighted by molar-refractivity contribution is 0.0935. The molecule has 2 atom stereocenters. The summed E-state index contributed by atoms with van der Waals surface area (Å²) in [6.07, 6.45) is 1.67. The van der Waals surface area contributed by atoms with Crippen LogP contribution in [0.1, 0.15) is 41.9 Å². The molecule has 1 fully saturated rings. The van der Waals surface area contributed by atoms with E-state index in [0.29, 0.717) is 12.4 Å². The second-order valence-corrected chi connectivity index (χ2v) is 9.16. The summed E-state index contributed by atoms with van der Waals surface area (Å²) in [7, 11) is -3.73. The van der Waals surface area contributed by atoms with Gasteiger partial charge in [-0.05, 0) is 50.1 Å². The summed E-state index contributed by atoms with van der Waals surface area (Å²) in [6, 6.07) is 15.1. The van der Waals surface area contributed by atoms with Crippen molar-refractivity contribution >= 4 is 26.9 Å². The van der Waals surface area contributed by atoms with Crippen molar-refractivity contribution < 1.29 is 22.4 Å². The zero-order valence-electron chi connectivity index (χ0n) is 16.6. The average Bonchev–Trinajstić information content (AvgIpc) is 3.42. The maximum atomic E-state index is 12.7. The summed E-state index contributed by atoms with van der Waals surface area (Å²) in [5.74, 6) is 0.255. The van der Waals surface area contributed by atoms with Gasteiger partial charge in [-0.3, -0.25) is 4.79 Å². The molecule has 1 aromatic heterocycles. The van der Waals surface area contributed by atoms with Crippen LogP contribution in [0.2, 0.25) is 0 Å². The van der Waals surface area contributed by atoms with Crippen molar-refractivity contribution in [2.75, 3.05) is 13.2 Å². The zero-order chi connectivity index (χ0) is 21.1. The Morgan fingerprint density at radius 1 is 1.17 bits per heavy atom. The predicted octanol–water partition coefficient (Wildman–Crippen LogP) is 3.38. The van der Waals surface area contributed by atoms with E-state index >= 15 is 0 Å². The first-order chi connectivity index (χ1) is 14.4. The third kappa shape index (κ3) is 4.56. The minimum Gasteiger partial charge on any atom is -0.459 e. The molecule has 1 amide bonds. The van der Waals surface area contributed by atoms with Crippen molar-refractivity contribution in [3.63, 3.8) is 0 Å². The van der Waals surface area contributed by atoms with Gasteiger partial charge in [-0.25, -0.2) is 13.1 Å². The Bertz CT molecular complexity index is 1120. The molecule has 8 heteroatoms. The smallest absolute Gasteiger partial charge is 0.251 e. The van der Waals surface area contributed by atoms with E-state index in [1.54, 1.807) is 12.1 Å². The normalized spacial score (nSPS) is 17.8. The second kappa shape index (κ2) is 8.59. The number of para-hydroxylation sites is 1. The summed E-state index contributed by atoms with van der Waals surface area (Å²) in [5.41, 5.74) is 1.01. The Balaban J connectivity index is 1.45. The van der Waals surface area contributed by atoms with Crippen LogP contribution in [0.15, 0.2) is 63.9 Å². The summed E-state index contributed by atoms with van der Waals surface area (Å²) in [6.45, 7) is 2.70. The van der Waals surface area contributed by atoms with E-state index in [9.17, 15) is 13.2 Å². The number of carbonyl (C=O) groups is 1. The fraction of sp³-hybridized carbons (Fsp3) is 0.318. The number of hydrogen-bond donors (Lipinski definition) is 2. The molecule has 0 spiro atoms. The summed E-state index contributed by atoms with van der Waals surface area (Å²) < 4.78 is 39.0. The van der Waals surface area contributed by atoms with E-state index in [1.807, 2.05) is 37.3 Å². The van der Waals surface area contributed by atoms with Gasteiger partial charge < -0.3 is 14.5 Å². The minimum atomic E-state index is -3.73. The number of carbonyl (C=O) groups excluding carboxylic acids is 1. The minimum absolute atomic E-state index is 0.0459. The Labute approximate surface area is 175 Å². The molecular formula is C22H24N2O5S. The number of sulfonamides is 1. The third-order valence-electron chi connectivity index (χ3n) is 5.15. The Morgan fingerprint density at radius 3 is 2.77 bits per heavy atom. The van der Waals surface area contributed by atoms with Crippen molar-refractivity contribution in [3.05, 3.63) is 65.9 Å². The predicted molar refractivity (Wildman–Crippen MR) is 113 cm³/mol. The first-order valence-corrected chi connectivity index (χ1v) is 11.4. The van der Waals surface area contributed by atoms with Gasteiger partial charge in [-0.15, -0.1) is 0 Å². The van der Waals surface area contributed by atoms with Crippen LogP contribution in [-0.2, 0) is 14.8 Å². The standard InChI is InChI=1S/C22H24N2O5S/c1-15(21-13-16-6-2-3-10-20(16)29-21)24-22(25)17-7-4-9-19(12-17)30(26,27)23-14-18-8-5-11-28-18/h2-4,6-7,9-10,12-13,15,18,23H,5,8,11,14H2,1H3,(H,24,25)/t15-,18-/m0/s1. The summed E-state index contributed by atoms with van der Waals surface area (Å²) >= 11 is 0. The SMILES string of the molecule is C[C@H](NC(=O)c1cccc(S(=O)(=O)NC[C@@H]2CCCO2)c1)c1cc2ccccc2o1. The Kier molecular flexibility index (Phi) is 5.90. The van der Waals surface area contributed by atoms with Gasteiger partial charge in [0.1, 0.15) is 11.3 Å². The number of furan rings is 1. The number of ether oxygens (including phenoxy) is 1. The maximum Gasteiger partial charge on any atom is 0.251 e. The molecule has 0 bridgehead atoms. The summed E-state index contributed by atoms with van der Waals surface area (Å²) in [4.78, 5) is 12.7. The van der Waals surface area contributed by atoms with Gasteiger partial charge in [-0.2, -0.15) is 0 Å². The molecule has 1 saturated heterocycles. The fourth-order valence-electron chi connectivity index (χ4n) is 3.46. The van der Waals surface area contributed by atoms with E-state index in [-0.39, 0.29) is 35.1 Å². The van der Waals surface area contributed by atoms with Crippen molar-refractivity contribution in [2.45, 2.75) is 36.8 Å². The molecule has 2 aromatic carbocycles. The zero-order valence-corrected chi connectivity index (χ0v) is 17.4. The first-order valence-electron chi connectivity index (χ1n) is 9.93. The van der Waals surface area contributed by atoms with Crippen LogP contribution in [0.5, 0.6) is 0 Å². The lowest BCUT2D eigenvalue weighted by Gasteiger charge is -2.13. The van der Waals surface area contributed by atoms with Gasteiger partial charge in [0.05, 0.1) is 17.0 Å². The van der Waals surface area contributed by atoms with Crippen molar-refractivity contribution in [3.8, 4) is 0 Å². The van der Waals surface area contributed by atoms with E-state index in [4.69, 9.17) is 9.15 Å². The third-order valence-corrected chi connectivity index (χ3v) is 6.57. The second-order valence-electron chi connectivity index (χ2n) is 7.40. The van der Waals surface area contributed by atoms with Gasteiger partial charge in [0.15, 0.2) is 0 Å². The number of nitrogens with one attached hydrogen (secondary N) is 2. The van der Waals surface area contributed by atoms with Gasteiger partial charge >= 0.3 is 0 Å². The van der Waals surface area contributed by atoms with Crippen LogP contribution in [0, 0.1) is 0 Å². The molecular weight excluding hydrogens is 404 g/mol. The van der Waals surface area contributed by atoms with Gasteiger partial charge in [-0.1, -0.05) is 24.3 Å². The topological polar surface area (TPSA) is 97.6 Å². The number of benzene rings is 2. The highest BCUT2D eigenvalue weighted by atomic mass is 32.2. The van der Waals surface area contributed by atoms with E-state index in [1.165, 1.54) is 12.1 Å². The molecule has 1 aliphatic rings. The molecule has 0 saturated carbocycles. The lowest BCUT2D eigenvalue weighted by atomic mass is 10.1. The van der Waals surface area contributed by atoms with Crippen LogP contribution in [0.25, 0.3) is 11.0 Å². The van der Waals surface area contributed by atoms with Crippen molar-refractivity contribution in [2.24, 2.45) is 0 Å². The molecule has 7 nitrogen and oxygen atoms in total. The van der Waals surface area contributed by atoms with E-state index in [2.05, 4.69) is 10.0 Å². The monoisotopic (exact) mass is 428 g/mol. The fourth-order valence-corrected chi connectivity index (χ4v) is 4.57. The quantitative estimate of drug-likeness (QED) is 0.601. The van der Waals surface area contributed by atoms with E-state index in [0.717, 1.165) is 23.8 Å². The van der Waals surface area contributed by atoms with Crippen molar-refractivity contribution in [1.82, 2.24) is 10.0 Å². The largest absolute Gasteiger partial charge is 0.459 e. The number of amides is 1. The van der Waals surface area contributed by atoms with Crippen LogP contribution in [-0.4, -0.2) is 33.6 Å². The average molecular weight is 429 g/mol. The van der Waals surface area contributed by atoms with Gasteiger partial charge in [0.2, 0.25) is 10.0 Å². The van der Waals surface area contributed by atoms with Crippen molar-refractivity contribution in [1.29, 1.82) is 0 Å². The highest BCUT2D eigenvalue weighted by Crippen LogP contribution is 2.24. The molecule has 0 aliphatic carbocycles. The molecule has 1 aliphatic heterocycles. The first kappa shape index (κ1) is 20.6. The maximum absolute atomic E-state index is 12.7. The van der Waals surface area contributed by atoms with Crippen LogP contribution in [0.4, 0.5) is 0 Å². The molecule has 3 aromatic rings. The molecule has 0 radical (unpaired) electrons. The number of rotatable bonds is 7.